The lowest BCUT2D eigenvalue weighted by Gasteiger charge is -2.24. The Morgan fingerprint density at radius 3 is 1.86 bits per heavy atom. The van der Waals surface area contributed by atoms with Gasteiger partial charge in [-0.3, -0.25) is 28.2 Å². The van der Waals surface area contributed by atoms with Crippen LogP contribution in [0, 0.1) is 5.92 Å². The van der Waals surface area contributed by atoms with Gasteiger partial charge in [0.05, 0.1) is 34.3 Å². The molecule has 2 unspecified atom stereocenters. The lowest BCUT2D eigenvalue weighted by Crippen LogP contribution is -2.47. The van der Waals surface area contributed by atoms with Crippen molar-refractivity contribution in [2.75, 3.05) is 67.3 Å². The number of unbranched alkanes of at least 4 members (excludes halogenated alkanes) is 14. The fourth-order valence-electron chi connectivity index (χ4n) is 6.57. The number of ether oxygens (including phenoxy) is 3. The highest BCUT2D eigenvalue weighted by Crippen LogP contribution is 2.43. The molecule has 0 radical (unpaired) electrons. The Morgan fingerprint density at radius 1 is 0.723 bits per heavy atom. The molecule has 0 aliphatic carbocycles. The number of phosphoric ester groups is 1. The van der Waals surface area contributed by atoms with Crippen LogP contribution < -0.4 is 10.6 Å². The van der Waals surface area contributed by atoms with Crippen molar-refractivity contribution < 1.29 is 71.4 Å². The number of phenolic OH excluding ortho intramolecular Hbond substituents is 1. The van der Waals surface area contributed by atoms with Crippen LogP contribution in [0.25, 0.3) is 0 Å². The number of phenols is 1. The van der Waals surface area contributed by atoms with E-state index in [0.717, 1.165) is 19.3 Å². The van der Waals surface area contributed by atoms with Crippen molar-refractivity contribution in [1.29, 1.82) is 0 Å². The molecule has 0 saturated heterocycles. The maximum absolute atomic E-state index is 12.7. The highest BCUT2D eigenvalue weighted by molar-refractivity contribution is 7.47. The van der Waals surface area contributed by atoms with E-state index in [1.54, 1.807) is 19.1 Å². The van der Waals surface area contributed by atoms with Gasteiger partial charge < -0.3 is 44.4 Å². The van der Waals surface area contributed by atoms with Crippen LogP contribution in [-0.2, 0) is 58.2 Å². The van der Waals surface area contributed by atoms with E-state index in [1.807, 2.05) is 21.1 Å². The number of aromatic hydroxyl groups is 1. The first-order valence-electron chi connectivity index (χ1n) is 23.8. The Bertz CT molecular complexity index is 1520. The molecule has 0 saturated carbocycles. The monoisotopic (exact) mass is 945 g/mol. The summed E-state index contributed by atoms with van der Waals surface area (Å²) in [4.78, 5) is 72.0. The van der Waals surface area contributed by atoms with Gasteiger partial charge in [0, 0.05) is 38.4 Å². The first kappa shape index (κ1) is 59.4. The fraction of sp³-hybridized carbons (Fsp3) is 0.766. The van der Waals surface area contributed by atoms with Crippen molar-refractivity contribution in [3.8, 4) is 5.75 Å². The Balaban J connectivity index is 2.34. The molecule has 4 atom stereocenters. The third kappa shape index (κ3) is 34.4. The number of hydrogen-bond donors (Lipinski definition) is 5. The van der Waals surface area contributed by atoms with Crippen LogP contribution in [0.3, 0.4) is 0 Å². The zero-order valence-electron chi connectivity index (χ0n) is 40.1. The number of carboxylic acids is 1. The van der Waals surface area contributed by atoms with Crippen LogP contribution in [0.15, 0.2) is 24.3 Å². The fourth-order valence-corrected chi connectivity index (χ4v) is 7.31. The summed E-state index contributed by atoms with van der Waals surface area (Å²) in [6.45, 7) is 4.06. The number of carbonyl (C=O) groups excluding carboxylic acids is 4. The molecule has 17 nitrogen and oxygen atoms in total. The molecular formula is C47H83N3O14P+. The van der Waals surface area contributed by atoms with Crippen molar-refractivity contribution in [3.63, 3.8) is 0 Å². The highest BCUT2D eigenvalue weighted by atomic mass is 31.2. The Hall–Kier alpha value is -3.60. The predicted octanol–water partition coefficient (Wildman–Crippen LogP) is 7.39. The first-order chi connectivity index (χ1) is 30.9. The van der Waals surface area contributed by atoms with Crippen LogP contribution in [-0.4, -0.2) is 129 Å². The summed E-state index contributed by atoms with van der Waals surface area (Å²) in [5.41, 5.74) is 0.618. The SMILES string of the molecule is CCCCCCCCCCCCCCCC(=O)OC[C@H](COP(=O)(O)OCC[N+](C)(C)C)OC(=O)CCCCOCCCC[C@H](C)C(=O)NCC(=O)NC(Cc1ccc(O)cc1)C(=O)O. The standard InChI is InChI=1S/C47H82N3O14P/c1-6-7-8-9-10-11-12-13-14-15-16-17-18-24-44(53)61-36-41(37-63-65(58,59)62-33-30-50(3,4)5)64-45(54)25-20-22-32-60-31-21-19-23-38(2)46(55)48-35-43(52)49-42(47(56)57)34-39-26-28-40(51)29-27-39/h26-29,38,41-42H,6-25,30-37H2,1-5H3,(H4-,48,49,51,52,55,56,57,58,59)/p+1/t38-,41+,42?/m0/s1. The molecule has 0 bridgehead atoms. The summed E-state index contributed by atoms with van der Waals surface area (Å²) in [5, 5.41) is 23.9. The van der Waals surface area contributed by atoms with Gasteiger partial charge in [0.2, 0.25) is 11.8 Å². The van der Waals surface area contributed by atoms with Gasteiger partial charge in [-0.2, -0.15) is 0 Å². The summed E-state index contributed by atoms with van der Waals surface area (Å²) in [5.74, 6) is -3.53. The van der Waals surface area contributed by atoms with Gasteiger partial charge in [-0.15, -0.1) is 0 Å². The van der Waals surface area contributed by atoms with Crippen molar-refractivity contribution in [2.24, 2.45) is 5.92 Å². The number of nitrogens with zero attached hydrogens (tertiary/aromatic N) is 1. The highest BCUT2D eigenvalue weighted by Gasteiger charge is 2.27. The molecule has 374 valence electrons. The molecular weight excluding hydrogens is 861 g/mol. The van der Waals surface area contributed by atoms with E-state index >= 15 is 0 Å². The van der Waals surface area contributed by atoms with Gasteiger partial charge >= 0.3 is 25.7 Å². The summed E-state index contributed by atoms with van der Waals surface area (Å²) >= 11 is 0. The van der Waals surface area contributed by atoms with Gasteiger partial charge in [-0.1, -0.05) is 109 Å². The molecule has 65 heavy (non-hydrogen) atoms. The van der Waals surface area contributed by atoms with E-state index in [0.29, 0.717) is 68.3 Å². The number of amides is 2. The quantitative estimate of drug-likeness (QED) is 0.0187. The van der Waals surface area contributed by atoms with Crippen LogP contribution >= 0.6 is 7.82 Å². The summed E-state index contributed by atoms with van der Waals surface area (Å²) < 4.78 is 39.8. The minimum absolute atomic E-state index is 0.0164. The Labute approximate surface area is 388 Å². The third-order valence-corrected chi connectivity index (χ3v) is 11.6. The summed E-state index contributed by atoms with van der Waals surface area (Å²) in [7, 11) is 1.27. The van der Waals surface area contributed by atoms with Crippen molar-refractivity contribution in [3.05, 3.63) is 29.8 Å². The molecule has 1 rings (SSSR count). The van der Waals surface area contributed by atoms with E-state index < -0.39 is 50.4 Å². The molecule has 0 heterocycles. The minimum atomic E-state index is -4.46. The van der Waals surface area contributed by atoms with Crippen LogP contribution in [0.4, 0.5) is 0 Å². The van der Waals surface area contributed by atoms with Crippen molar-refractivity contribution in [1.82, 2.24) is 10.6 Å². The van der Waals surface area contributed by atoms with Crippen molar-refractivity contribution >= 4 is 37.5 Å². The molecule has 0 aliphatic rings. The van der Waals surface area contributed by atoms with Crippen LogP contribution in [0.1, 0.15) is 148 Å². The average Bonchev–Trinajstić information content (AvgIpc) is 3.24. The number of aliphatic carboxylic acids is 1. The number of carbonyl (C=O) groups is 5. The normalized spacial score (nSPS) is 13.9. The van der Waals surface area contributed by atoms with E-state index in [4.69, 9.17) is 23.3 Å². The third-order valence-electron chi connectivity index (χ3n) is 10.6. The predicted molar refractivity (Wildman–Crippen MR) is 248 cm³/mol. The number of quaternary nitrogens is 1. The smallest absolute Gasteiger partial charge is 0.472 e. The zero-order valence-corrected chi connectivity index (χ0v) is 41.0. The maximum atomic E-state index is 12.7. The summed E-state index contributed by atoms with van der Waals surface area (Å²) in [6, 6.07) is 4.80. The largest absolute Gasteiger partial charge is 0.508 e. The molecule has 2 amide bonds. The first-order valence-corrected chi connectivity index (χ1v) is 25.3. The zero-order chi connectivity index (χ0) is 48.4. The number of esters is 2. The van der Waals surface area contributed by atoms with Crippen molar-refractivity contribution in [2.45, 2.75) is 161 Å². The Morgan fingerprint density at radius 2 is 1.28 bits per heavy atom. The molecule has 0 spiro atoms. The number of rotatable bonds is 41. The molecule has 5 N–H and O–H groups in total. The Kier molecular flexibility index (Phi) is 32.5. The van der Waals surface area contributed by atoms with Gasteiger partial charge in [-0.25, -0.2) is 9.36 Å². The minimum Gasteiger partial charge on any atom is -0.508 e. The van der Waals surface area contributed by atoms with Gasteiger partial charge in [0.1, 0.15) is 31.5 Å². The van der Waals surface area contributed by atoms with Crippen LogP contribution in [0.5, 0.6) is 5.75 Å². The van der Waals surface area contributed by atoms with Crippen LogP contribution in [0.2, 0.25) is 0 Å². The maximum Gasteiger partial charge on any atom is 0.472 e. The molecule has 0 aliphatic heterocycles. The van der Waals surface area contributed by atoms with E-state index in [-0.39, 0.29) is 56.6 Å². The molecule has 18 heteroatoms. The lowest BCUT2D eigenvalue weighted by atomic mass is 10.0. The van der Waals surface area contributed by atoms with E-state index in [2.05, 4.69) is 17.6 Å². The van der Waals surface area contributed by atoms with E-state index in [9.17, 15) is 43.6 Å². The van der Waals surface area contributed by atoms with Gasteiger partial charge in [-0.05, 0) is 49.8 Å². The molecule has 0 aromatic heterocycles. The number of benzene rings is 1. The summed E-state index contributed by atoms with van der Waals surface area (Å²) in [6.07, 6.45) is 17.6. The number of likely N-dealkylation sites (N-methyl/N-ethyl adjacent to an activating group) is 1. The number of carboxylic acid groups (broad SMARTS) is 1. The average molecular weight is 945 g/mol. The molecule has 1 aromatic rings. The van der Waals surface area contributed by atoms with Gasteiger partial charge in [0.25, 0.3) is 0 Å². The van der Waals surface area contributed by atoms with E-state index in [1.165, 1.54) is 69.9 Å². The number of phosphoric acid groups is 1. The number of hydrogen-bond acceptors (Lipinski definition) is 12. The second-order valence-electron chi connectivity index (χ2n) is 17.9. The lowest BCUT2D eigenvalue weighted by molar-refractivity contribution is -0.870. The molecule has 1 aromatic carbocycles. The second-order valence-corrected chi connectivity index (χ2v) is 19.4. The molecule has 0 fully saturated rings. The number of nitrogens with one attached hydrogen (secondary N) is 2. The van der Waals surface area contributed by atoms with Gasteiger partial charge in [0.15, 0.2) is 6.10 Å². The second kappa shape index (κ2) is 35.6. The topological polar surface area (TPSA) is 233 Å².